The predicted molar refractivity (Wildman–Crippen MR) is 121 cm³/mol. The second kappa shape index (κ2) is 18.9. The highest BCUT2D eigenvalue weighted by atomic mass is 16.6. The first-order valence-electron chi connectivity index (χ1n) is 11.0. The quantitative estimate of drug-likeness (QED) is 0.148. The van der Waals surface area contributed by atoms with Crippen LogP contribution in [0.5, 0.6) is 0 Å². The molecule has 0 bridgehead atoms. The lowest BCUT2D eigenvalue weighted by atomic mass is 10.1. The van der Waals surface area contributed by atoms with Crippen molar-refractivity contribution in [3.63, 3.8) is 0 Å². The molecule has 0 fully saturated rings. The minimum absolute atomic E-state index is 0.0608. The third kappa shape index (κ3) is 13.0. The van der Waals surface area contributed by atoms with E-state index < -0.39 is 73.3 Å². The van der Waals surface area contributed by atoms with Crippen LogP contribution in [-0.2, 0) is 66.7 Å². The van der Waals surface area contributed by atoms with Gasteiger partial charge in [0.15, 0.2) is 12.2 Å². The van der Waals surface area contributed by atoms with Gasteiger partial charge in [-0.2, -0.15) is 0 Å². The molecule has 0 aromatic rings. The van der Waals surface area contributed by atoms with E-state index in [2.05, 4.69) is 23.7 Å². The van der Waals surface area contributed by atoms with Crippen LogP contribution in [0, 0.1) is 0 Å². The molecule has 0 saturated carbocycles. The van der Waals surface area contributed by atoms with Gasteiger partial charge in [-0.3, -0.25) is 24.1 Å². The monoisotopic (exact) mass is 537 g/mol. The van der Waals surface area contributed by atoms with Crippen LogP contribution in [0.4, 0.5) is 0 Å². The molecule has 0 aliphatic heterocycles. The molecule has 0 radical (unpaired) electrons. The number of ether oxygens (including phenoxy) is 8. The fraction of sp³-hybridized carbons (Fsp3) is 0.727. The van der Waals surface area contributed by atoms with Crippen molar-refractivity contribution in [3.8, 4) is 0 Å². The van der Waals surface area contributed by atoms with Crippen molar-refractivity contribution in [2.45, 2.75) is 37.5 Å². The highest BCUT2D eigenvalue weighted by Gasteiger charge is 2.32. The molecule has 212 valence electrons. The van der Waals surface area contributed by atoms with E-state index in [1.54, 1.807) is 0 Å². The number of methoxy groups -OCH3 is 6. The lowest BCUT2D eigenvalue weighted by Crippen LogP contribution is -2.47. The Kier molecular flexibility index (Phi) is 17.2. The number of nitrogens with zero attached hydrogens (tertiary/aromatic N) is 1. The van der Waals surface area contributed by atoms with Gasteiger partial charge in [0.1, 0.15) is 6.04 Å². The fourth-order valence-electron chi connectivity index (χ4n) is 2.94. The van der Waals surface area contributed by atoms with Gasteiger partial charge in [-0.15, -0.1) is 0 Å². The van der Waals surface area contributed by atoms with Gasteiger partial charge in [0.2, 0.25) is 0 Å². The lowest BCUT2D eigenvalue weighted by Gasteiger charge is -2.30. The Hall–Kier alpha value is -3.30. The summed E-state index contributed by atoms with van der Waals surface area (Å²) in [6, 6.07) is -1.15. The number of hydrogen-bond donors (Lipinski definition) is 0. The van der Waals surface area contributed by atoms with E-state index in [-0.39, 0.29) is 26.3 Å². The predicted octanol–water partition coefficient (Wildman–Crippen LogP) is -1.36. The molecule has 15 heteroatoms. The van der Waals surface area contributed by atoms with Crippen molar-refractivity contribution in [3.05, 3.63) is 0 Å². The highest BCUT2D eigenvalue weighted by Crippen LogP contribution is 2.11. The molecule has 0 spiro atoms. The van der Waals surface area contributed by atoms with Crippen LogP contribution < -0.4 is 0 Å². The molecule has 0 aliphatic rings. The first kappa shape index (κ1) is 33.7. The average Bonchev–Trinajstić information content (AvgIpc) is 2.91. The van der Waals surface area contributed by atoms with E-state index in [0.717, 1.165) is 42.7 Å². The molecule has 3 atom stereocenters. The van der Waals surface area contributed by atoms with Gasteiger partial charge in [0.05, 0.1) is 75.1 Å². The van der Waals surface area contributed by atoms with Crippen molar-refractivity contribution in [1.82, 2.24) is 4.90 Å². The normalized spacial score (nSPS) is 13.1. The molecule has 0 N–H and O–H groups in total. The first-order valence-corrected chi connectivity index (χ1v) is 11.0. The summed E-state index contributed by atoms with van der Waals surface area (Å²) < 4.78 is 38.8. The molecule has 0 aliphatic carbocycles. The van der Waals surface area contributed by atoms with Crippen LogP contribution in [0.25, 0.3) is 0 Å². The Labute approximate surface area is 214 Å². The number of esters is 6. The molecule has 0 unspecified atom stereocenters. The largest absolute Gasteiger partial charge is 0.469 e. The smallest absolute Gasteiger partial charge is 0.335 e. The second-order valence-electron chi connectivity index (χ2n) is 7.18. The summed E-state index contributed by atoms with van der Waals surface area (Å²) in [7, 11) is 6.81. The fourth-order valence-corrected chi connectivity index (χ4v) is 2.94. The molecule has 0 aromatic heterocycles. The van der Waals surface area contributed by atoms with Crippen LogP contribution >= 0.6 is 0 Å². The van der Waals surface area contributed by atoms with Crippen LogP contribution in [0.3, 0.4) is 0 Å². The van der Waals surface area contributed by atoms with Crippen molar-refractivity contribution < 1.29 is 66.7 Å². The van der Waals surface area contributed by atoms with Gasteiger partial charge < -0.3 is 37.9 Å². The Morgan fingerprint density at radius 1 is 0.514 bits per heavy atom. The third-order valence-electron chi connectivity index (χ3n) is 4.98. The Morgan fingerprint density at radius 2 is 0.865 bits per heavy atom. The highest BCUT2D eigenvalue weighted by molar-refractivity contribution is 5.83. The van der Waals surface area contributed by atoms with E-state index in [4.69, 9.17) is 14.2 Å². The van der Waals surface area contributed by atoms with Crippen molar-refractivity contribution >= 4 is 35.8 Å². The van der Waals surface area contributed by atoms with Gasteiger partial charge in [-0.25, -0.2) is 9.59 Å². The SMILES string of the molecule is COC(=O)C[C@H](OCCN(CCO[C@H](CC(=O)OC)C(=O)OC)[C@@H](CC(=O)OC)C(=O)OC)C(=O)OC. The topological polar surface area (TPSA) is 180 Å². The second-order valence-corrected chi connectivity index (χ2v) is 7.18. The summed E-state index contributed by atoms with van der Waals surface area (Å²) in [5.74, 6) is -4.54. The van der Waals surface area contributed by atoms with Gasteiger partial charge in [-0.1, -0.05) is 0 Å². The molecule has 0 saturated heterocycles. The summed E-state index contributed by atoms with van der Waals surface area (Å²) in [6.45, 7) is -0.522. The van der Waals surface area contributed by atoms with Gasteiger partial charge >= 0.3 is 35.8 Å². The van der Waals surface area contributed by atoms with Gasteiger partial charge in [-0.05, 0) is 0 Å². The maximum absolute atomic E-state index is 12.5. The minimum Gasteiger partial charge on any atom is -0.469 e. The molecule has 0 rings (SSSR count). The summed E-state index contributed by atoms with van der Waals surface area (Å²) in [5, 5.41) is 0. The summed E-state index contributed by atoms with van der Waals surface area (Å²) >= 11 is 0. The van der Waals surface area contributed by atoms with E-state index in [0.29, 0.717) is 0 Å². The van der Waals surface area contributed by atoms with Gasteiger partial charge in [0, 0.05) is 13.1 Å². The maximum Gasteiger partial charge on any atom is 0.335 e. The van der Waals surface area contributed by atoms with E-state index in [9.17, 15) is 28.8 Å². The number of hydrogen-bond acceptors (Lipinski definition) is 15. The first-order chi connectivity index (χ1) is 17.6. The Bertz CT molecular complexity index is 726. The van der Waals surface area contributed by atoms with Crippen molar-refractivity contribution in [1.29, 1.82) is 0 Å². The minimum atomic E-state index is -1.28. The van der Waals surface area contributed by atoms with Crippen LogP contribution in [0.2, 0.25) is 0 Å². The summed E-state index contributed by atoms with van der Waals surface area (Å²) in [6.07, 6.45) is -3.78. The zero-order valence-corrected chi connectivity index (χ0v) is 21.8. The van der Waals surface area contributed by atoms with Gasteiger partial charge in [0.25, 0.3) is 0 Å². The zero-order valence-electron chi connectivity index (χ0n) is 21.8. The van der Waals surface area contributed by atoms with E-state index in [1.165, 1.54) is 4.90 Å². The Balaban J connectivity index is 5.60. The van der Waals surface area contributed by atoms with Crippen LogP contribution in [-0.4, -0.2) is 128 Å². The number of carbonyl (C=O) groups excluding carboxylic acids is 6. The molecule has 37 heavy (non-hydrogen) atoms. The van der Waals surface area contributed by atoms with Crippen LogP contribution in [0.15, 0.2) is 0 Å². The van der Waals surface area contributed by atoms with Crippen molar-refractivity contribution in [2.24, 2.45) is 0 Å². The molecule has 0 aromatic carbocycles. The summed E-state index contributed by atoms with van der Waals surface area (Å²) in [4.78, 5) is 72.9. The van der Waals surface area contributed by atoms with Crippen molar-refractivity contribution in [2.75, 3.05) is 69.0 Å². The zero-order chi connectivity index (χ0) is 28.4. The molecular weight excluding hydrogens is 502 g/mol. The molecule has 0 heterocycles. The summed E-state index contributed by atoms with van der Waals surface area (Å²) in [5.41, 5.74) is 0. The number of carbonyl (C=O) groups is 6. The number of rotatable bonds is 18. The van der Waals surface area contributed by atoms with E-state index >= 15 is 0 Å². The Morgan fingerprint density at radius 3 is 1.19 bits per heavy atom. The molecular formula is C22H35NO14. The lowest BCUT2D eigenvalue weighted by molar-refractivity contribution is -0.163. The third-order valence-corrected chi connectivity index (χ3v) is 4.98. The maximum atomic E-state index is 12.5. The van der Waals surface area contributed by atoms with E-state index in [1.807, 2.05) is 0 Å². The average molecular weight is 538 g/mol. The molecule has 0 amide bonds. The standard InChI is InChI=1S/C22H35NO14/c1-30-17(24)11-14(20(27)33-4)23(7-9-36-15(21(28)34-5)12-18(25)31-2)8-10-37-16(22(29)35-6)13-19(26)32-3/h14-16H,7-13H2,1-6H3/t14-,15-,16+/m0/s1. The molecule has 15 nitrogen and oxygen atoms in total. The van der Waals surface area contributed by atoms with Crippen LogP contribution in [0.1, 0.15) is 19.3 Å².